The molecule has 0 saturated carbocycles. The highest BCUT2D eigenvalue weighted by molar-refractivity contribution is 7.93. The van der Waals surface area contributed by atoms with Crippen molar-refractivity contribution in [3.63, 3.8) is 0 Å². The molecule has 1 amide bonds. The van der Waals surface area contributed by atoms with Crippen molar-refractivity contribution < 1.29 is 27.9 Å². The molecule has 0 aliphatic carbocycles. The van der Waals surface area contributed by atoms with Gasteiger partial charge in [-0.2, -0.15) is 0 Å². The van der Waals surface area contributed by atoms with E-state index in [9.17, 15) is 23.1 Å². The Kier molecular flexibility index (Phi) is 5.44. The van der Waals surface area contributed by atoms with Crippen LogP contribution in [0.2, 0.25) is 0 Å². The normalized spacial score (nSPS) is 25.7. The number of aliphatic carboxylic acids is 1. The Morgan fingerprint density at radius 3 is 2.41 bits per heavy atom. The van der Waals surface area contributed by atoms with Crippen molar-refractivity contribution in [2.45, 2.75) is 55.6 Å². The van der Waals surface area contributed by atoms with Crippen molar-refractivity contribution in [1.29, 1.82) is 0 Å². The number of carboxylic acids is 1. The minimum Gasteiger partial charge on any atom is -0.480 e. The smallest absolute Gasteiger partial charge is 0.326 e. The Labute approximate surface area is 130 Å². The minimum absolute atomic E-state index is 0.309. The Morgan fingerprint density at radius 1 is 1.18 bits per heavy atom. The lowest BCUT2D eigenvalue weighted by Crippen LogP contribution is -2.53. The number of piperidine rings is 1. The molecule has 2 aliphatic rings. The van der Waals surface area contributed by atoms with Crippen LogP contribution in [0.5, 0.6) is 0 Å². The summed E-state index contributed by atoms with van der Waals surface area (Å²) in [6, 6.07) is -0.909. The van der Waals surface area contributed by atoms with Gasteiger partial charge in [0, 0.05) is 19.8 Å². The SMILES string of the molecule is CC(C(=O)N1CCCC[C@@H]1C(=O)O)S(=O)(=O)C1CCOCC1. The average molecular weight is 333 g/mol. The number of rotatable bonds is 4. The van der Waals surface area contributed by atoms with Gasteiger partial charge in [0.25, 0.3) is 0 Å². The average Bonchev–Trinajstić information content (AvgIpc) is 2.54. The van der Waals surface area contributed by atoms with Crippen LogP contribution in [-0.2, 0) is 24.2 Å². The molecule has 22 heavy (non-hydrogen) atoms. The lowest BCUT2D eigenvalue weighted by Gasteiger charge is -2.35. The summed E-state index contributed by atoms with van der Waals surface area (Å²) in [5.74, 6) is -1.65. The Morgan fingerprint density at radius 2 is 1.82 bits per heavy atom. The van der Waals surface area contributed by atoms with Gasteiger partial charge >= 0.3 is 5.97 Å². The summed E-state index contributed by atoms with van der Waals surface area (Å²) < 4.78 is 30.4. The summed E-state index contributed by atoms with van der Waals surface area (Å²) in [5, 5.41) is 7.46. The molecular weight excluding hydrogens is 310 g/mol. The van der Waals surface area contributed by atoms with Gasteiger partial charge in [-0.25, -0.2) is 13.2 Å². The van der Waals surface area contributed by atoms with Crippen LogP contribution >= 0.6 is 0 Å². The largest absolute Gasteiger partial charge is 0.480 e. The van der Waals surface area contributed by atoms with Crippen molar-refractivity contribution in [3.05, 3.63) is 0 Å². The maximum absolute atomic E-state index is 12.6. The van der Waals surface area contributed by atoms with Crippen LogP contribution < -0.4 is 0 Å². The van der Waals surface area contributed by atoms with E-state index in [1.807, 2.05) is 0 Å². The number of hydrogen-bond acceptors (Lipinski definition) is 5. The molecule has 2 fully saturated rings. The number of amides is 1. The van der Waals surface area contributed by atoms with Gasteiger partial charge in [0.15, 0.2) is 9.84 Å². The molecule has 0 bridgehead atoms. The first kappa shape index (κ1) is 17.2. The highest BCUT2D eigenvalue weighted by Gasteiger charge is 2.41. The van der Waals surface area contributed by atoms with Crippen LogP contribution in [0.4, 0.5) is 0 Å². The van der Waals surface area contributed by atoms with Crippen molar-refractivity contribution in [2.75, 3.05) is 19.8 Å². The summed E-state index contributed by atoms with van der Waals surface area (Å²) in [7, 11) is -3.62. The predicted molar refractivity (Wildman–Crippen MR) is 79.2 cm³/mol. The number of carbonyl (C=O) groups excluding carboxylic acids is 1. The van der Waals surface area contributed by atoms with Crippen LogP contribution in [0.25, 0.3) is 0 Å². The van der Waals surface area contributed by atoms with E-state index in [4.69, 9.17) is 4.74 Å². The maximum Gasteiger partial charge on any atom is 0.326 e. The van der Waals surface area contributed by atoms with Gasteiger partial charge in [-0.15, -0.1) is 0 Å². The van der Waals surface area contributed by atoms with Crippen LogP contribution in [0, 0.1) is 0 Å². The minimum atomic E-state index is -3.62. The molecule has 8 heteroatoms. The van der Waals surface area contributed by atoms with Crippen LogP contribution in [0.15, 0.2) is 0 Å². The highest BCUT2D eigenvalue weighted by atomic mass is 32.2. The monoisotopic (exact) mass is 333 g/mol. The van der Waals surface area contributed by atoms with E-state index in [1.165, 1.54) is 11.8 Å². The molecule has 0 radical (unpaired) electrons. The van der Waals surface area contributed by atoms with Gasteiger partial charge in [0.2, 0.25) is 5.91 Å². The fourth-order valence-corrected chi connectivity index (χ4v) is 4.96. The number of sulfone groups is 1. The van der Waals surface area contributed by atoms with Gasteiger partial charge in [0.05, 0.1) is 5.25 Å². The summed E-state index contributed by atoms with van der Waals surface area (Å²) in [4.78, 5) is 25.1. The summed E-state index contributed by atoms with van der Waals surface area (Å²) >= 11 is 0. The summed E-state index contributed by atoms with van der Waals surface area (Å²) in [5.41, 5.74) is 0. The molecule has 2 aliphatic heterocycles. The zero-order valence-electron chi connectivity index (χ0n) is 12.7. The van der Waals surface area contributed by atoms with Gasteiger partial charge in [0.1, 0.15) is 11.3 Å². The summed E-state index contributed by atoms with van der Waals surface area (Å²) in [6.07, 6.45) is 2.61. The predicted octanol–water partition coefficient (Wildman–Crippen LogP) is 0.434. The molecule has 2 heterocycles. The Balaban J connectivity index is 2.14. The Hall–Kier alpha value is -1.15. The second kappa shape index (κ2) is 6.95. The molecule has 2 saturated heterocycles. The molecule has 1 unspecified atom stereocenters. The first-order valence-electron chi connectivity index (χ1n) is 7.69. The first-order valence-corrected chi connectivity index (χ1v) is 9.30. The molecular formula is C14H23NO6S. The standard InChI is InChI=1S/C14H23NO6S/c1-10(22(19,20)11-5-8-21-9-6-11)13(16)15-7-3-2-4-12(15)14(17)18/h10-12H,2-9H2,1H3,(H,17,18)/t10?,12-/m1/s1. The van der Waals surface area contributed by atoms with E-state index in [0.717, 1.165) is 6.42 Å². The topological polar surface area (TPSA) is 101 Å². The highest BCUT2D eigenvalue weighted by Crippen LogP contribution is 2.24. The van der Waals surface area contributed by atoms with Crippen LogP contribution in [-0.4, -0.2) is 66.6 Å². The number of carboxylic acid groups (broad SMARTS) is 1. The van der Waals surface area contributed by atoms with Gasteiger partial charge in [-0.3, -0.25) is 4.79 Å². The lowest BCUT2D eigenvalue weighted by atomic mass is 10.0. The third-order valence-electron chi connectivity index (χ3n) is 4.54. The first-order chi connectivity index (χ1) is 10.4. The number of hydrogen-bond donors (Lipinski definition) is 1. The third-order valence-corrected chi connectivity index (χ3v) is 7.13. The lowest BCUT2D eigenvalue weighted by molar-refractivity contribution is -0.151. The van der Waals surface area contributed by atoms with Crippen molar-refractivity contribution in [3.8, 4) is 0 Å². The van der Waals surface area contributed by atoms with Gasteiger partial charge in [-0.1, -0.05) is 0 Å². The molecule has 126 valence electrons. The van der Waals surface area contributed by atoms with E-state index in [-0.39, 0.29) is 0 Å². The second-order valence-electron chi connectivity index (χ2n) is 5.92. The second-order valence-corrected chi connectivity index (χ2v) is 8.48. The molecule has 0 aromatic rings. The molecule has 0 spiro atoms. The molecule has 1 N–H and O–H groups in total. The molecule has 0 aromatic heterocycles. The molecule has 7 nitrogen and oxygen atoms in total. The van der Waals surface area contributed by atoms with Crippen LogP contribution in [0.3, 0.4) is 0 Å². The quantitative estimate of drug-likeness (QED) is 0.801. The fraction of sp³-hybridized carbons (Fsp3) is 0.857. The van der Waals surface area contributed by atoms with Crippen LogP contribution in [0.1, 0.15) is 39.0 Å². The number of carbonyl (C=O) groups is 2. The van der Waals surface area contributed by atoms with Gasteiger partial charge < -0.3 is 14.7 Å². The zero-order valence-corrected chi connectivity index (χ0v) is 13.5. The molecule has 2 atom stereocenters. The van der Waals surface area contributed by atoms with Crippen molar-refractivity contribution in [1.82, 2.24) is 4.90 Å². The van der Waals surface area contributed by atoms with E-state index in [2.05, 4.69) is 0 Å². The maximum atomic E-state index is 12.6. The third kappa shape index (κ3) is 3.43. The van der Waals surface area contributed by atoms with E-state index < -0.39 is 38.3 Å². The van der Waals surface area contributed by atoms with E-state index >= 15 is 0 Å². The summed E-state index contributed by atoms with van der Waals surface area (Å²) in [6.45, 7) is 2.45. The van der Waals surface area contributed by atoms with Crippen molar-refractivity contribution in [2.24, 2.45) is 0 Å². The Bertz CT molecular complexity index is 525. The zero-order chi connectivity index (χ0) is 16.3. The van der Waals surface area contributed by atoms with Crippen molar-refractivity contribution >= 4 is 21.7 Å². The van der Waals surface area contributed by atoms with E-state index in [0.29, 0.717) is 45.4 Å². The number of likely N-dealkylation sites (tertiary alicyclic amines) is 1. The number of ether oxygens (including phenoxy) is 1. The fourth-order valence-electron chi connectivity index (χ4n) is 3.12. The molecule has 0 aromatic carbocycles. The van der Waals surface area contributed by atoms with E-state index in [1.54, 1.807) is 0 Å². The molecule has 2 rings (SSSR count). The van der Waals surface area contributed by atoms with Gasteiger partial charge in [-0.05, 0) is 39.0 Å². The number of nitrogens with zero attached hydrogens (tertiary/aromatic N) is 1.